The fraction of sp³-hybridized carbons (Fsp3) is 0.188. The molecule has 3 rings (SSSR count). The molecule has 1 amide bonds. The van der Waals surface area contributed by atoms with Gasteiger partial charge in [0, 0.05) is 21.4 Å². The van der Waals surface area contributed by atoms with Crippen LogP contribution in [0, 0.1) is 0 Å². The molecule has 0 spiro atoms. The van der Waals surface area contributed by atoms with Crippen LogP contribution in [0.5, 0.6) is 0 Å². The summed E-state index contributed by atoms with van der Waals surface area (Å²) < 4.78 is 5.41. The van der Waals surface area contributed by atoms with Gasteiger partial charge in [-0.15, -0.1) is 11.8 Å². The van der Waals surface area contributed by atoms with Crippen molar-refractivity contribution < 1.29 is 9.53 Å². The lowest BCUT2D eigenvalue weighted by atomic mass is 10.3. The molecule has 0 radical (unpaired) electrons. The van der Waals surface area contributed by atoms with Crippen LogP contribution >= 0.6 is 23.4 Å². The first-order valence-corrected chi connectivity index (χ1v) is 8.00. The highest BCUT2D eigenvalue weighted by molar-refractivity contribution is 7.99. The van der Waals surface area contributed by atoms with Crippen LogP contribution in [0.3, 0.4) is 0 Å². The summed E-state index contributed by atoms with van der Waals surface area (Å²) in [6, 6.07) is 17.3. The number of carbonyl (C=O) groups is 1. The van der Waals surface area contributed by atoms with Crippen molar-refractivity contribution in [2.45, 2.75) is 11.0 Å². The van der Waals surface area contributed by atoms with Gasteiger partial charge < -0.3 is 4.74 Å². The zero-order valence-corrected chi connectivity index (χ0v) is 12.8. The fourth-order valence-corrected chi connectivity index (χ4v) is 3.15. The van der Waals surface area contributed by atoms with Gasteiger partial charge in [0.05, 0.1) is 6.54 Å². The summed E-state index contributed by atoms with van der Waals surface area (Å²) in [6.07, 6.45) is -0.374. The van der Waals surface area contributed by atoms with E-state index in [4.69, 9.17) is 16.3 Å². The lowest BCUT2D eigenvalue weighted by Gasteiger charge is -2.12. The Morgan fingerprint density at radius 2 is 1.86 bits per heavy atom. The average Bonchev–Trinajstić information content (AvgIpc) is 2.89. The molecule has 1 saturated heterocycles. The largest absolute Gasteiger partial charge is 0.443 e. The summed E-state index contributed by atoms with van der Waals surface area (Å²) in [5, 5.41) is 0.724. The van der Waals surface area contributed by atoms with Crippen LogP contribution in [-0.4, -0.2) is 24.5 Å². The van der Waals surface area contributed by atoms with Gasteiger partial charge in [0.1, 0.15) is 6.10 Å². The molecule has 1 unspecified atom stereocenters. The smallest absolute Gasteiger partial charge is 0.414 e. The quantitative estimate of drug-likeness (QED) is 0.779. The molecular weight excluding hydrogens is 306 g/mol. The van der Waals surface area contributed by atoms with Gasteiger partial charge in [-0.25, -0.2) is 4.79 Å². The van der Waals surface area contributed by atoms with E-state index in [1.807, 2.05) is 54.6 Å². The molecule has 0 aromatic heterocycles. The van der Waals surface area contributed by atoms with E-state index in [1.54, 1.807) is 16.7 Å². The Bertz CT molecular complexity index is 618. The van der Waals surface area contributed by atoms with E-state index in [0.717, 1.165) is 21.4 Å². The number of nitrogens with zero attached hydrogens (tertiary/aromatic N) is 1. The third-order valence-electron chi connectivity index (χ3n) is 3.19. The predicted octanol–water partition coefficient (Wildman–Crippen LogP) is 4.46. The minimum absolute atomic E-state index is 0.0987. The number of benzene rings is 2. The second-order valence-corrected chi connectivity index (χ2v) is 6.25. The van der Waals surface area contributed by atoms with Crippen LogP contribution in [0.4, 0.5) is 10.5 Å². The van der Waals surface area contributed by atoms with E-state index in [1.165, 1.54) is 0 Å². The number of thioether (sulfide) groups is 1. The van der Waals surface area contributed by atoms with Crippen LogP contribution < -0.4 is 4.90 Å². The van der Waals surface area contributed by atoms with Gasteiger partial charge in [0.2, 0.25) is 0 Å². The van der Waals surface area contributed by atoms with Gasteiger partial charge in [0.25, 0.3) is 0 Å². The second-order valence-electron chi connectivity index (χ2n) is 4.72. The monoisotopic (exact) mass is 319 g/mol. The molecule has 1 heterocycles. The third kappa shape index (κ3) is 3.52. The average molecular weight is 320 g/mol. The number of carbonyl (C=O) groups excluding carboxylic acids is 1. The highest BCUT2D eigenvalue weighted by Crippen LogP contribution is 2.26. The molecule has 2 aromatic rings. The molecule has 3 nitrogen and oxygen atoms in total. The molecule has 21 heavy (non-hydrogen) atoms. The van der Waals surface area contributed by atoms with E-state index < -0.39 is 0 Å². The highest BCUT2D eigenvalue weighted by Gasteiger charge is 2.32. The lowest BCUT2D eigenvalue weighted by Crippen LogP contribution is -2.24. The second kappa shape index (κ2) is 6.41. The zero-order chi connectivity index (χ0) is 14.7. The number of anilines is 1. The van der Waals surface area contributed by atoms with Gasteiger partial charge in [-0.2, -0.15) is 0 Å². The van der Waals surface area contributed by atoms with Gasteiger partial charge in [-0.1, -0.05) is 29.8 Å². The van der Waals surface area contributed by atoms with Crippen LogP contribution in [0.2, 0.25) is 5.02 Å². The summed E-state index contributed by atoms with van der Waals surface area (Å²) >= 11 is 7.52. The van der Waals surface area contributed by atoms with Gasteiger partial charge in [0.15, 0.2) is 0 Å². The summed E-state index contributed by atoms with van der Waals surface area (Å²) in [5.74, 6) is 0.733. The fourth-order valence-electron chi connectivity index (χ4n) is 2.15. The molecule has 0 saturated carbocycles. The predicted molar refractivity (Wildman–Crippen MR) is 86.2 cm³/mol. The molecule has 1 fully saturated rings. The summed E-state index contributed by atoms with van der Waals surface area (Å²) in [6.45, 7) is 0.587. The maximum absolute atomic E-state index is 11.9. The first kappa shape index (κ1) is 14.3. The molecule has 0 bridgehead atoms. The molecular formula is C16H14ClNO2S. The molecule has 0 aliphatic carbocycles. The molecule has 108 valence electrons. The normalized spacial score (nSPS) is 17.9. The standard InChI is InChI=1S/C16H14ClNO2S/c17-12-6-8-15(9-7-12)21-11-14-10-18(16(19)20-14)13-4-2-1-3-5-13/h1-9,14H,10-11H2. The highest BCUT2D eigenvalue weighted by atomic mass is 35.5. The minimum Gasteiger partial charge on any atom is -0.443 e. The van der Waals surface area contributed by atoms with Crippen LogP contribution in [0.1, 0.15) is 0 Å². The van der Waals surface area contributed by atoms with Crippen molar-refractivity contribution in [2.75, 3.05) is 17.2 Å². The number of halogens is 1. The zero-order valence-electron chi connectivity index (χ0n) is 11.2. The Labute approximate surface area is 132 Å². The Balaban J connectivity index is 1.59. The molecule has 0 N–H and O–H groups in total. The Morgan fingerprint density at radius 1 is 1.14 bits per heavy atom. The lowest BCUT2D eigenvalue weighted by molar-refractivity contribution is 0.151. The van der Waals surface area contributed by atoms with Crippen molar-refractivity contribution in [1.82, 2.24) is 0 Å². The van der Waals surface area contributed by atoms with Crippen molar-refractivity contribution in [3.8, 4) is 0 Å². The Kier molecular flexibility index (Phi) is 4.36. The number of rotatable bonds is 4. The first-order valence-electron chi connectivity index (χ1n) is 6.64. The molecule has 1 aliphatic heterocycles. The van der Waals surface area contributed by atoms with Crippen molar-refractivity contribution in [1.29, 1.82) is 0 Å². The van der Waals surface area contributed by atoms with Crippen LogP contribution in [-0.2, 0) is 4.74 Å². The maximum atomic E-state index is 11.9. The van der Waals surface area contributed by atoms with Crippen molar-refractivity contribution in [3.63, 3.8) is 0 Å². The third-order valence-corrected chi connectivity index (χ3v) is 4.59. The van der Waals surface area contributed by atoms with Crippen molar-refractivity contribution in [2.24, 2.45) is 0 Å². The van der Waals surface area contributed by atoms with Crippen molar-refractivity contribution >= 4 is 35.1 Å². The number of amides is 1. The Morgan fingerprint density at radius 3 is 2.57 bits per heavy atom. The number of cyclic esters (lactones) is 1. The summed E-state index contributed by atoms with van der Waals surface area (Å²) in [5.41, 5.74) is 0.876. The van der Waals surface area contributed by atoms with E-state index in [-0.39, 0.29) is 12.2 Å². The molecule has 1 aliphatic rings. The van der Waals surface area contributed by atoms with Crippen molar-refractivity contribution in [3.05, 3.63) is 59.6 Å². The maximum Gasteiger partial charge on any atom is 0.414 e. The number of para-hydroxylation sites is 1. The summed E-state index contributed by atoms with van der Waals surface area (Å²) in [4.78, 5) is 14.7. The topological polar surface area (TPSA) is 29.5 Å². The molecule has 5 heteroatoms. The van der Waals surface area contributed by atoms with Gasteiger partial charge in [-0.3, -0.25) is 4.90 Å². The number of hydrogen-bond donors (Lipinski definition) is 0. The van der Waals surface area contributed by atoms with Crippen LogP contribution in [0.25, 0.3) is 0 Å². The van der Waals surface area contributed by atoms with Gasteiger partial charge >= 0.3 is 6.09 Å². The number of hydrogen-bond acceptors (Lipinski definition) is 3. The first-order chi connectivity index (χ1) is 10.2. The van der Waals surface area contributed by atoms with Gasteiger partial charge in [-0.05, 0) is 36.4 Å². The van der Waals surface area contributed by atoms with E-state index >= 15 is 0 Å². The minimum atomic E-state index is -0.275. The van der Waals surface area contributed by atoms with E-state index in [2.05, 4.69) is 0 Å². The van der Waals surface area contributed by atoms with E-state index in [0.29, 0.717) is 6.54 Å². The molecule has 1 atom stereocenters. The summed E-state index contributed by atoms with van der Waals surface area (Å²) in [7, 11) is 0. The SMILES string of the molecule is O=C1OC(CSc2ccc(Cl)cc2)CN1c1ccccc1. The Hall–Kier alpha value is -1.65. The number of ether oxygens (including phenoxy) is 1. The molecule has 2 aromatic carbocycles. The van der Waals surface area contributed by atoms with E-state index in [9.17, 15) is 4.79 Å². The van der Waals surface area contributed by atoms with Crippen LogP contribution in [0.15, 0.2) is 59.5 Å².